The summed E-state index contributed by atoms with van der Waals surface area (Å²) in [4.78, 5) is 4.36. The third-order valence-electron chi connectivity index (χ3n) is 4.47. The Morgan fingerprint density at radius 2 is 2.11 bits per heavy atom. The van der Waals surface area contributed by atoms with Crippen LogP contribution in [0, 0.1) is 11.7 Å². The summed E-state index contributed by atoms with van der Waals surface area (Å²) < 4.78 is 4.02. The van der Waals surface area contributed by atoms with Gasteiger partial charge >= 0.3 is 0 Å². The molecule has 7 nitrogen and oxygen atoms in total. The fourth-order valence-corrected chi connectivity index (χ4v) is 3.04. The molecular weight excluding hydrogens is 362 g/mol. The van der Waals surface area contributed by atoms with Crippen molar-refractivity contribution in [3.8, 4) is 23.0 Å². The fraction of sp³-hybridized carbons (Fsp3) is 0.211. The van der Waals surface area contributed by atoms with E-state index in [2.05, 4.69) is 21.8 Å². The van der Waals surface area contributed by atoms with Gasteiger partial charge in [-0.3, -0.25) is 9.67 Å². The molecule has 0 aliphatic carbocycles. The molecule has 140 valence electrons. The van der Waals surface area contributed by atoms with E-state index in [4.69, 9.17) is 12.2 Å². The van der Waals surface area contributed by atoms with Gasteiger partial charge in [0, 0.05) is 25.0 Å². The highest BCUT2D eigenvalue weighted by molar-refractivity contribution is 7.71. The largest absolute Gasteiger partial charge is 0.506 e. The summed E-state index contributed by atoms with van der Waals surface area (Å²) in [5.74, 6) is 0.102. The maximum Gasteiger partial charge on any atom is 0.200 e. The second kappa shape index (κ2) is 7.24. The van der Waals surface area contributed by atoms with E-state index in [-0.39, 0.29) is 17.2 Å². The maximum atomic E-state index is 10.3. The molecule has 0 atom stereocenters. The van der Waals surface area contributed by atoms with E-state index in [1.54, 1.807) is 10.6 Å². The van der Waals surface area contributed by atoms with Gasteiger partial charge in [-0.1, -0.05) is 13.5 Å². The number of aromatic amines is 1. The van der Waals surface area contributed by atoms with Crippen molar-refractivity contribution < 1.29 is 10.2 Å². The molecule has 0 saturated heterocycles. The Morgan fingerprint density at radius 3 is 2.70 bits per heavy atom. The molecular formula is C19H21N5O2S. The van der Waals surface area contributed by atoms with Gasteiger partial charge < -0.3 is 14.8 Å². The van der Waals surface area contributed by atoms with Crippen LogP contribution in [0.5, 0.6) is 11.5 Å². The van der Waals surface area contributed by atoms with Crippen molar-refractivity contribution in [2.45, 2.75) is 20.3 Å². The molecule has 0 aliphatic rings. The van der Waals surface area contributed by atoms with Gasteiger partial charge in [-0.05, 0) is 49.3 Å². The van der Waals surface area contributed by atoms with Gasteiger partial charge in [-0.15, -0.1) is 0 Å². The zero-order valence-corrected chi connectivity index (χ0v) is 16.2. The lowest BCUT2D eigenvalue weighted by atomic mass is 10.2. The molecule has 0 amide bonds. The molecule has 0 radical (unpaired) electrons. The van der Waals surface area contributed by atoms with Crippen molar-refractivity contribution in [3.05, 3.63) is 52.7 Å². The van der Waals surface area contributed by atoms with Crippen molar-refractivity contribution in [2.75, 3.05) is 0 Å². The average molecular weight is 383 g/mol. The summed E-state index contributed by atoms with van der Waals surface area (Å²) in [5, 5.41) is 27.2. The van der Waals surface area contributed by atoms with Crippen LogP contribution >= 0.6 is 12.2 Å². The number of nitrogens with zero attached hydrogens (tertiary/aromatic N) is 4. The standard InChI is InChI=1S/C19H21N5O2S/c1-5-13(9-12-7-8-23(4)11(12)3)24-18(21-22-19(24)27)17-16(26)10-15(25)14(6-2)20-17/h5,7-10,25-26H,1,6H2,2-4H3,(H,22,27)/b13-9+. The molecule has 3 heterocycles. The molecule has 0 aliphatic heterocycles. The van der Waals surface area contributed by atoms with E-state index >= 15 is 0 Å². The van der Waals surface area contributed by atoms with E-state index in [1.807, 2.05) is 43.8 Å². The number of aromatic hydroxyl groups is 2. The summed E-state index contributed by atoms with van der Waals surface area (Å²) in [6.45, 7) is 7.77. The molecule has 3 aromatic heterocycles. The molecule has 8 heteroatoms. The Kier molecular flexibility index (Phi) is 5.00. The first-order valence-electron chi connectivity index (χ1n) is 8.43. The van der Waals surface area contributed by atoms with Crippen LogP contribution in [0.1, 0.15) is 23.9 Å². The van der Waals surface area contributed by atoms with Crippen molar-refractivity contribution in [1.29, 1.82) is 0 Å². The number of pyridine rings is 1. The number of H-pyrrole nitrogens is 1. The molecule has 0 unspecified atom stereocenters. The third-order valence-corrected chi connectivity index (χ3v) is 4.75. The Bertz CT molecular complexity index is 1100. The van der Waals surface area contributed by atoms with Crippen LogP contribution in [0.2, 0.25) is 0 Å². The van der Waals surface area contributed by atoms with Crippen LogP contribution in [0.3, 0.4) is 0 Å². The number of aromatic nitrogens is 5. The van der Waals surface area contributed by atoms with E-state index < -0.39 is 0 Å². The minimum Gasteiger partial charge on any atom is -0.506 e. The minimum atomic E-state index is -0.181. The van der Waals surface area contributed by atoms with Crippen LogP contribution in [-0.2, 0) is 13.5 Å². The number of hydrogen-bond acceptors (Lipinski definition) is 5. The molecule has 27 heavy (non-hydrogen) atoms. The molecule has 0 fully saturated rings. The Hall–Kier alpha value is -3.13. The fourth-order valence-electron chi connectivity index (χ4n) is 2.81. The van der Waals surface area contributed by atoms with Crippen LogP contribution in [0.4, 0.5) is 0 Å². The Balaban J connectivity index is 2.22. The highest BCUT2D eigenvalue weighted by atomic mass is 32.1. The lowest BCUT2D eigenvalue weighted by Crippen LogP contribution is -2.02. The van der Waals surface area contributed by atoms with E-state index in [9.17, 15) is 10.2 Å². The molecule has 3 rings (SSSR count). The quantitative estimate of drug-likeness (QED) is 0.460. The summed E-state index contributed by atoms with van der Waals surface area (Å²) in [6.07, 6.45) is 6.09. The van der Waals surface area contributed by atoms with E-state index in [0.29, 0.717) is 28.4 Å². The first-order valence-corrected chi connectivity index (χ1v) is 8.84. The van der Waals surface area contributed by atoms with Crippen LogP contribution in [0.25, 0.3) is 23.3 Å². The van der Waals surface area contributed by atoms with Crippen molar-refractivity contribution in [2.24, 2.45) is 7.05 Å². The maximum absolute atomic E-state index is 10.3. The zero-order valence-electron chi connectivity index (χ0n) is 15.4. The second-order valence-electron chi connectivity index (χ2n) is 6.10. The number of rotatable bonds is 5. The minimum absolute atomic E-state index is 0.0566. The first-order chi connectivity index (χ1) is 12.9. The topological polar surface area (TPSA) is 91.9 Å². The van der Waals surface area contributed by atoms with Gasteiger partial charge in [0.25, 0.3) is 0 Å². The van der Waals surface area contributed by atoms with Crippen LogP contribution < -0.4 is 0 Å². The zero-order chi connectivity index (χ0) is 19.7. The molecule has 0 aromatic carbocycles. The number of hydrogen-bond donors (Lipinski definition) is 3. The van der Waals surface area contributed by atoms with Crippen molar-refractivity contribution in [3.63, 3.8) is 0 Å². The third kappa shape index (κ3) is 3.31. The lowest BCUT2D eigenvalue weighted by molar-refractivity contribution is 0.442. The molecule has 0 spiro atoms. The molecule has 3 aromatic rings. The van der Waals surface area contributed by atoms with Gasteiger partial charge in [-0.2, -0.15) is 5.10 Å². The monoisotopic (exact) mass is 383 g/mol. The van der Waals surface area contributed by atoms with E-state index in [1.165, 1.54) is 6.07 Å². The molecule has 0 bridgehead atoms. The predicted molar refractivity (Wildman–Crippen MR) is 108 cm³/mol. The van der Waals surface area contributed by atoms with Gasteiger partial charge in [0.05, 0.1) is 11.4 Å². The number of nitrogens with one attached hydrogen (secondary N) is 1. The van der Waals surface area contributed by atoms with Gasteiger partial charge in [0.1, 0.15) is 11.5 Å². The predicted octanol–water partition coefficient (Wildman–Crippen LogP) is 3.81. The summed E-state index contributed by atoms with van der Waals surface area (Å²) in [5.41, 5.74) is 3.48. The molecule has 0 saturated carbocycles. The SMILES string of the molecule is C=C/C(=C\c1ccn(C)c1C)n1c(-c2nc(CC)c(O)cc2O)n[nH]c1=S. The van der Waals surface area contributed by atoms with Crippen molar-refractivity contribution in [1.82, 2.24) is 24.3 Å². The Morgan fingerprint density at radius 1 is 1.37 bits per heavy atom. The highest BCUT2D eigenvalue weighted by Gasteiger charge is 2.19. The highest BCUT2D eigenvalue weighted by Crippen LogP contribution is 2.33. The van der Waals surface area contributed by atoms with Crippen LogP contribution in [0.15, 0.2) is 31.0 Å². The number of aryl methyl sites for hydroxylation is 2. The normalized spacial score (nSPS) is 11.7. The number of allylic oxidation sites excluding steroid dienone is 2. The molecule has 3 N–H and O–H groups in total. The smallest absolute Gasteiger partial charge is 0.200 e. The Labute approximate surface area is 161 Å². The van der Waals surface area contributed by atoms with E-state index in [0.717, 1.165) is 11.3 Å². The van der Waals surface area contributed by atoms with Gasteiger partial charge in [0.15, 0.2) is 16.3 Å². The first kappa shape index (κ1) is 18.7. The van der Waals surface area contributed by atoms with Gasteiger partial charge in [-0.25, -0.2) is 4.98 Å². The average Bonchev–Trinajstić information content (AvgIpc) is 3.17. The van der Waals surface area contributed by atoms with Gasteiger partial charge in [0.2, 0.25) is 0 Å². The van der Waals surface area contributed by atoms with Crippen molar-refractivity contribution >= 4 is 24.0 Å². The summed E-state index contributed by atoms with van der Waals surface area (Å²) >= 11 is 5.39. The summed E-state index contributed by atoms with van der Waals surface area (Å²) in [6, 6.07) is 3.26. The second-order valence-corrected chi connectivity index (χ2v) is 6.49. The lowest BCUT2D eigenvalue weighted by Gasteiger charge is -2.11. The van der Waals surface area contributed by atoms with Crippen LogP contribution in [-0.4, -0.2) is 34.5 Å². The summed E-state index contributed by atoms with van der Waals surface area (Å²) in [7, 11) is 1.97.